The van der Waals surface area contributed by atoms with E-state index in [1.807, 2.05) is 13.8 Å². The van der Waals surface area contributed by atoms with E-state index in [-0.39, 0.29) is 17.1 Å². The summed E-state index contributed by atoms with van der Waals surface area (Å²) in [6, 6.07) is 0. The zero-order chi connectivity index (χ0) is 7.33. The van der Waals surface area contributed by atoms with Crippen LogP contribution < -0.4 is 0 Å². The maximum Gasteiger partial charge on any atom is 0.244 e. The molecule has 0 N–H and O–H groups in total. The molecule has 0 spiro atoms. The van der Waals surface area contributed by atoms with Crippen molar-refractivity contribution in [2.75, 3.05) is 13.2 Å². The van der Waals surface area contributed by atoms with E-state index in [0.717, 1.165) is 0 Å². The predicted octanol–water partition coefficient (Wildman–Crippen LogP) is 2.21. The van der Waals surface area contributed by atoms with Gasteiger partial charge >= 0.3 is 0 Å². The van der Waals surface area contributed by atoms with Gasteiger partial charge in [-0.3, -0.25) is 0 Å². The third-order valence-electron chi connectivity index (χ3n) is 0.584. The van der Waals surface area contributed by atoms with Gasteiger partial charge in [0.15, 0.2) is 0 Å². The fourth-order valence-electron chi connectivity index (χ4n) is 0.364. The first kappa shape index (κ1) is 14.0. The van der Waals surface area contributed by atoms with Crippen molar-refractivity contribution in [3.63, 3.8) is 0 Å². The Morgan fingerprint density at radius 1 is 1.30 bits per heavy atom. The standard InChI is InChI=1S/C4H11O2PS2.Fe/c1-3-5-7(8,9)6-4-2;/h3-4H2,1-2H3,(H,8,9);. The Hall–Kier alpha value is 1.44. The molecule has 0 aromatic heterocycles. The fraction of sp³-hybridized carbons (Fsp3) is 1.00. The first-order valence-electron chi connectivity index (χ1n) is 2.74. The van der Waals surface area contributed by atoms with Crippen LogP contribution in [0, 0.1) is 0 Å². The summed E-state index contributed by atoms with van der Waals surface area (Å²) in [5, 5.41) is 0. The second kappa shape index (κ2) is 7.11. The Morgan fingerprint density at radius 2 is 1.60 bits per heavy atom. The van der Waals surface area contributed by atoms with Gasteiger partial charge in [0.25, 0.3) is 0 Å². The maximum atomic E-state index is 5.04. The minimum atomic E-state index is -2.16. The average Bonchev–Trinajstić information content (AvgIpc) is 1.64. The van der Waals surface area contributed by atoms with Crippen LogP contribution in [-0.4, -0.2) is 13.2 Å². The van der Waals surface area contributed by atoms with Gasteiger partial charge in [-0.25, -0.2) is 0 Å². The molecule has 0 saturated heterocycles. The van der Waals surface area contributed by atoms with Crippen LogP contribution in [-0.2, 0) is 37.9 Å². The molecule has 0 aliphatic heterocycles. The summed E-state index contributed by atoms with van der Waals surface area (Å²) >= 11 is 8.90. The van der Waals surface area contributed by atoms with Gasteiger partial charge in [0.2, 0.25) is 5.69 Å². The summed E-state index contributed by atoms with van der Waals surface area (Å²) in [5.74, 6) is 0. The van der Waals surface area contributed by atoms with E-state index in [1.165, 1.54) is 0 Å². The molecule has 0 fully saturated rings. The van der Waals surface area contributed by atoms with E-state index in [2.05, 4.69) is 12.2 Å². The van der Waals surface area contributed by atoms with Crippen LogP contribution in [0.4, 0.5) is 0 Å². The van der Waals surface area contributed by atoms with Crippen LogP contribution in [0.2, 0.25) is 0 Å². The van der Waals surface area contributed by atoms with E-state index in [1.54, 1.807) is 0 Å². The van der Waals surface area contributed by atoms with Gasteiger partial charge in [-0.15, -0.1) is 0 Å². The van der Waals surface area contributed by atoms with E-state index < -0.39 is 5.69 Å². The normalized spacial score (nSPS) is 10.7. The van der Waals surface area contributed by atoms with Gasteiger partial charge in [-0.05, 0) is 25.7 Å². The van der Waals surface area contributed by atoms with Crippen molar-refractivity contribution in [3.05, 3.63) is 0 Å². The zero-order valence-electron chi connectivity index (χ0n) is 5.89. The van der Waals surface area contributed by atoms with Gasteiger partial charge in [0, 0.05) is 17.1 Å². The van der Waals surface area contributed by atoms with Crippen molar-refractivity contribution in [2.45, 2.75) is 13.8 Å². The van der Waals surface area contributed by atoms with Crippen LogP contribution in [0.3, 0.4) is 0 Å². The van der Waals surface area contributed by atoms with Gasteiger partial charge in [0.1, 0.15) is 0 Å². The van der Waals surface area contributed by atoms with E-state index in [9.17, 15) is 0 Å². The molecular formula is C4H11FeO2PS2. The molecule has 0 aromatic carbocycles. The maximum absolute atomic E-state index is 5.04. The van der Waals surface area contributed by atoms with Crippen LogP contribution in [0.15, 0.2) is 0 Å². The average molecular weight is 242 g/mol. The monoisotopic (exact) mass is 242 g/mol. The number of thiol groups is 1. The second-order valence-electron chi connectivity index (χ2n) is 1.30. The quantitative estimate of drug-likeness (QED) is 0.463. The molecule has 0 amide bonds. The first-order valence-corrected chi connectivity index (χ1v) is 6.53. The summed E-state index contributed by atoms with van der Waals surface area (Å²) in [6.45, 7) is 4.88. The molecule has 0 aliphatic rings. The van der Waals surface area contributed by atoms with Gasteiger partial charge < -0.3 is 9.05 Å². The third kappa shape index (κ3) is 7.55. The van der Waals surface area contributed by atoms with Gasteiger partial charge in [-0.1, -0.05) is 12.2 Å². The van der Waals surface area contributed by atoms with E-state index in [4.69, 9.17) is 20.9 Å². The van der Waals surface area contributed by atoms with Crippen LogP contribution in [0.1, 0.15) is 13.8 Å². The number of hydrogen-bond donors (Lipinski definition) is 1. The molecule has 0 radical (unpaired) electrons. The molecule has 2 nitrogen and oxygen atoms in total. The Bertz CT molecular complexity index is 112. The smallest absolute Gasteiger partial charge is 0.244 e. The van der Waals surface area contributed by atoms with Crippen molar-refractivity contribution in [1.82, 2.24) is 0 Å². The molecule has 0 rings (SSSR count). The Balaban J connectivity index is 0. The van der Waals surface area contributed by atoms with E-state index >= 15 is 0 Å². The number of hydrogen-bond acceptors (Lipinski definition) is 3. The van der Waals surface area contributed by atoms with Crippen molar-refractivity contribution >= 4 is 29.7 Å². The molecule has 6 heteroatoms. The van der Waals surface area contributed by atoms with Crippen LogP contribution in [0.5, 0.6) is 0 Å². The second-order valence-corrected chi connectivity index (χ2v) is 6.59. The molecule has 0 unspecified atom stereocenters. The first-order chi connectivity index (χ1) is 4.12. The van der Waals surface area contributed by atoms with E-state index in [0.29, 0.717) is 13.2 Å². The molecule has 10 heavy (non-hydrogen) atoms. The largest absolute Gasteiger partial charge is 0.322 e. The SMILES string of the molecule is CCOP(=S)(S)OCC.[Fe]. The van der Waals surface area contributed by atoms with Crippen molar-refractivity contribution < 1.29 is 26.1 Å². The summed E-state index contributed by atoms with van der Waals surface area (Å²) in [4.78, 5) is 0. The fourth-order valence-corrected chi connectivity index (χ4v) is 2.42. The van der Waals surface area contributed by atoms with Crippen molar-refractivity contribution in [3.8, 4) is 0 Å². The van der Waals surface area contributed by atoms with Gasteiger partial charge in [-0.2, -0.15) is 0 Å². The summed E-state index contributed by atoms with van der Waals surface area (Å²) < 4.78 is 10.1. The minimum Gasteiger partial charge on any atom is -0.322 e. The van der Waals surface area contributed by atoms with Crippen molar-refractivity contribution in [2.24, 2.45) is 0 Å². The van der Waals surface area contributed by atoms with Crippen LogP contribution >= 0.6 is 17.9 Å². The molecule has 0 aromatic rings. The Labute approximate surface area is 82.9 Å². The molecule has 0 aliphatic carbocycles. The predicted molar refractivity (Wildman–Crippen MR) is 46.5 cm³/mol. The molecule has 0 atom stereocenters. The minimum absolute atomic E-state index is 0. The summed E-state index contributed by atoms with van der Waals surface area (Å²) in [5.41, 5.74) is -2.16. The summed E-state index contributed by atoms with van der Waals surface area (Å²) in [7, 11) is 0. The molecule has 64 valence electrons. The Kier molecular flexibility index (Phi) is 9.95. The third-order valence-corrected chi connectivity index (χ3v) is 3.08. The zero-order valence-corrected chi connectivity index (χ0v) is 9.60. The molecule has 0 bridgehead atoms. The summed E-state index contributed by atoms with van der Waals surface area (Å²) in [6.07, 6.45) is 0. The molecule has 0 saturated carbocycles. The van der Waals surface area contributed by atoms with Crippen LogP contribution in [0.25, 0.3) is 0 Å². The Morgan fingerprint density at radius 3 is 1.80 bits per heavy atom. The number of rotatable bonds is 4. The van der Waals surface area contributed by atoms with Gasteiger partial charge in [0.05, 0.1) is 13.2 Å². The molecular weight excluding hydrogens is 231 g/mol. The molecule has 0 heterocycles. The van der Waals surface area contributed by atoms with Crippen molar-refractivity contribution in [1.29, 1.82) is 0 Å². The topological polar surface area (TPSA) is 18.5 Å².